The van der Waals surface area contributed by atoms with E-state index < -0.39 is 11.5 Å². The Morgan fingerprint density at radius 2 is 1.88 bits per heavy atom. The summed E-state index contributed by atoms with van der Waals surface area (Å²) in [6, 6.07) is 9.67. The van der Waals surface area contributed by atoms with Crippen molar-refractivity contribution in [3.63, 3.8) is 0 Å². The normalized spacial score (nSPS) is 9.41. The zero-order valence-corrected chi connectivity index (χ0v) is 12.3. The van der Waals surface area contributed by atoms with Crippen LogP contribution in [0.25, 0.3) is 11.4 Å². The van der Waals surface area contributed by atoms with Crippen molar-refractivity contribution in [2.24, 2.45) is 0 Å². The van der Waals surface area contributed by atoms with Gasteiger partial charge < -0.3 is 14.9 Å². The first-order valence-electron chi connectivity index (χ1n) is 4.55. The molecule has 0 aliphatic carbocycles. The quantitative estimate of drug-likeness (QED) is 0.572. The third-order valence-electron chi connectivity index (χ3n) is 2.00. The number of carbonyl (C=O) groups is 1. The number of H-pyrrole nitrogens is 1. The molecule has 1 aromatic carbocycles. The summed E-state index contributed by atoms with van der Waals surface area (Å²) in [5, 5.41) is 10.6. The molecule has 0 bridgehead atoms. The Morgan fingerprint density at radius 3 is 2.47 bits per heavy atom. The first kappa shape index (κ1) is 14.3. The molecule has 0 aliphatic heterocycles. The molecule has 0 atom stereocenters. The van der Waals surface area contributed by atoms with Gasteiger partial charge in [0.25, 0.3) is 5.56 Å². The van der Waals surface area contributed by atoms with Crippen molar-refractivity contribution in [1.82, 2.24) is 9.97 Å². The molecule has 5 nitrogen and oxygen atoms in total. The maximum Gasteiger partial charge on any atom is 1.00 e. The number of aromatic carboxylic acids is 1. The standard InChI is InChI=1S/C11H8N2O3.K/c14-9-6-8(11(15)16)12-10(13-9)7-4-2-1-3-5-7;/h1-6H,(H,15,16)(H,12,13,14);/q;+1/p-1. The van der Waals surface area contributed by atoms with Crippen LogP contribution in [0.15, 0.2) is 41.2 Å². The minimum absolute atomic E-state index is 0. The maximum absolute atomic E-state index is 11.2. The summed E-state index contributed by atoms with van der Waals surface area (Å²) >= 11 is 0. The van der Waals surface area contributed by atoms with Crippen molar-refractivity contribution in [3.05, 3.63) is 52.4 Å². The average molecular weight is 254 g/mol. The molecule has 0 radical (unpaired) electrons. The van der Waals surface area contributed by atoms with Gasteiger partial charge in [0.15, 0.2) is 0 Å². The molecule has 0 unspecified atom stereocenters. The molecule has 1 N–H and O–H groups in total. The number of carboxylic acids is 1. The number of aromatic nitrogens is 2. The number of hydrogen-bond donors (Lipinski definition) is 1. The van der Waals surface area contributed by atoms with E-state index in [-0.39, 0.29) is 62.9 Å². The Labute approximate surface area is 139 Å². The van der Waals surface area contributed by atoms with Crippen LogP contribution < -0.4 is 62.1 Å². The second-order valence-corrected chi connectivity index (χ2v) is 3.13. The van der Waals surface area contributed by atoms with Gasteiger partial charge in [-0.05, 0) is 0 Å². The van der Waals surface area contributed by atoms with Gasteiger partial charge >= 0.3 is 51.4 Å². The monoisotopic (exact) mass is 254 g/mol. The largest absolute Gasteiger partial charge is 1.00 e. The SMILES string of the molecule is O=C([O-])c1cc(=O)[nH]c(-c2ccccc2)n1.[K+]. The summed E-state index contributed by atoms with van der Waals surface area (Å²) < 4.78 is 0. The molecule has 2 aromatic rings. The van der Waals surface area contributed by atoms with Crippen LogP contribution in [-0.4, -0.2) is 15.9 Å². The van der Waals surface area contributed by atoms with Crippen LogP contribution >= 0.6 is 0 Å². The van der Waals surface area contributed by atoms with Gasteiger partial charge in [-0.25, -0.2) is 4.98 Å². The van der Waals surface area contributed by atoms with Gasteiger partial charge in [-0.2, -0.15) is 0 Å². The third kappa shape index (κ3) is 3.58. The number of nitrogens with one attached hydrogen (secondary N) is 1. The second-order valence-electron chi connectivity index (χ2n) is 3.13. The van der Waals surface area contributed by atoms with Gasteiger partial charge in [0.1, 0.15) is 5.82 Å². The van der Waals surface area contributed by atoms with Crippen molar-refractivity contribution < 1.29 is 61.3 Å². The van der Waals surface area contributed by atoms with E-state index in [1.165, 1.54) is 0 Å². The summed E-state index contributed by atoms with van der Waals surface area (Å²) in [4.78, 5) is 28.1. The van der Waals surface area contributed by atoms with Crippen molar-refractivity contribution in [1.29, 1.82) is 0 Å². The fourth-order valence-corrected chi connectivity index (χ4v) is 1.29. The van der Waals surface area contributed by atoms with Gasteiger partial charge in [-0.1, -0.05) is 30.3 Å². The van der Waals surface area contributed by atoms with Crippen molar-refractivity contribution in [3.8, 4) is 11.4 Å². The van der Waals surface area contributed by atoms with Gasteiger partial charge in [0, 0.05) is 11.6 Å². The predicted octanol–water partition coefficient (Wildman–Crippen LogP) is -3.20. The molecule has 2 rings (SSSR count). The van der Waals surface area contributed by atoms with Gasteiger partial charge in [0.05, 0.1) is 11.7 Å². The molecular formula is C11H7KN2O3. The van der Waals surface area contributed by atoms with Crippen molar-refractivity contribution >= 4 is 5.97 Å². The Bertz CT molecular complexity index is 581. The summed E-state index contributed by atoms with van der Waals surface area (Å²) in [5.74, 6) is -1.25. The van der Waals surface area contributed by atoms with Crippen LogP contribution in [0.5, 0.6) is 0 Å². The van der Waals surface area contributed by atoms with Crippen LogP contribution in [0.4, 0.5) is 0 Å². The summed E-state index contributed by atoms with van der Waals surface area (Å²) in [7, 11) is 0. The number of carbonyl (C=O) groups excluding carboxylic acids is 1. The molecule has 0 amide bonds. The Kier molecular flexibility index (Phi) is 5.22. The molecule has 0 saturated carbocycles. The maximum atomic E-state index is 11.2. The van der Waals surface area contributed by atoms with Crippen molar-refractivity contribution in [2.75, 3.05) is 0 Å². The Balaban J connectivity index is 0.00000144. The summed E-state index contributed by atoms with van der Waals surface area (Å²) in [5.41, 5.74) is -0.252. The third-order valence-corrected chi connectivity index (χ3v) is 2.00. The number of aromatic amines is 1. The molecule has 1 aromatic heterocycles. The van der Waals surface area contributed by atoms with Crippen LogP contribution in [-0.2, 0) is 0 Å². The number of rotatable bonds is 2. The van der Waals surface area contributed by atoms with Crippen molar-refractivity contribution in [2.45, 2.75) is 0 Å². The number of hydrogen-bond acceptors (Lipinski definition) is 4. The predicted molar refractivity (Wildman–Crippen MR) is 54.6 cm³/mol. The molecule has 6 heteroatoms. The zero-order valence-electron chi connectivity index (χ0n) is 9.14. The Hall–Kier alpha value is -0.794. The minimum atomic E-state index is -1.47. The van der Waals surface area contributed by atoms with Gasteiger partial charge in [0.2, 0.25) is 0 Å². The van der Waals surface area contributed by atoms with Crippen LogP contribution in [0.1, 0.15) is 10.5 Å². The summed E-state index contributed by atoms with van der Waals surface area (Å²) in [6.45, 7) is 0. The van der Waals surface area contributed by atoms with Gasteiger partial charge in [-0.3, -0.25) is 4.79 Å². The molecule has 80 valence electrons. The van der Waals surface area contributed by atoms with E-state index in [0.717, 1.165) is 6.07 Å². The fourth-order valence-electron chi connectivity index (χ4n) is 1.29. The van der Waals surface area contributed by atoms with E-state index in [4.69, 9.17) is 0 Å². The number of carboxylic acid groups (broad SMARTS) is 1. The average Bonchev–Trinajstić information content (AvgIpc) is 2.29. The number of benzene rings is 1. The first-order valence-corrected chi connectivity index (χ1v) is 4.55. The molecule has 1 heterocycles. The van der Waals surface area contributed by atoms with Crippen LogP contribution in [0.2, 0.25) is 0 Å². The van der Waals surface area contributed by atoms with E-state index in [0.29, 0.717) is 5.56 Å². The first-order chi connectivity index (χ1) is 7.66. The van der Waals surface area contributed by atoms with Crippen LogP contribution in [0, 0.1) is 0 Å². The smallest absolute Gasteiger partial charge is 0.543 e. The Morgan fingerprint density at radius 1 is 1.24 bits per heavy atom. The van der Waals surface area contributed by atoms with Crippen LogP contribution in [0.3, 0.4) is 0 Å². The van der Waals surface area contributed by atoms with E-state index >= 15 is 0 Å². The van der Waals surface area contributed by atoms with Gasteiger partial charge in [-0.15, -0.1) is 0 Å². The van der Waals surface area contributed by atoms with E-state index in [1.54, 1.807) is 24.3 Å². The fraction of sp³-hybridized carbons (Fsp3) is 0. The molecule has 17 heavy (non-hydrogen) atoms. The summed E-state index contributed by atoms with van der Waals surface area (Å²) in [6.07, 6.45) is 0. The molecule has 0 spiro atoms. The van der Waals surface area contributed by atoms with E-state index in [1.807, 2.05) is 6.07 Å². The van der Waals surface area contributed by atoms with E-state index in [2.05, 4.69) is 9.97 Å². The molecule has 0 fully saturated rings. The number of nitrogens with zero attached hydrogens (tertiary/aromatic N) is 1. The molecule has 0 aliphatic rings. The molecular weight excluding hydrogens is 247 g/mol. The topological polar surface area (TPSA) is 85.9 Å². The molecule has 0 saturated heterocycles. The minimum Gasteiger partial charge on any atom is -0.543 e. The zero-order chi connectivity index (χ0) is 11.5. The van der Waals surface area contributed by atoms with E-state index in [9.17, 15) is 14.7 Å². The second kappa shape index (κ2) is 6.22.